The molecule has 5 rings (SSSR count). The first-order chi connectivity index (χ1) is 28.5. The van der Waals surface area contributed by atoms with Gasteiger partial charge in [0.25, 0.3) is 0 Å². The van der Waals surface area contributed by atoms with E-state index >= 15 is 0 Å². The van der Waals surface area contributed by atoms with Crippen LogP contribution in [0.15, 0.2) is 43.5 Å². The van der Waals surface area contributed by atoms with E-state index in [1.54, 1.807) is 0 Å². The predicted molar refractivity (Wildman–Crippen MR) is 197 cm³/mol. The number of ether oxygens (including phenoxy) is 1. The quantitative estimate of drug-likeness (QED) is 0.00847. The van der Waals surface area contributed by atoms with Crippen LogP contribution in [0, 0.1) is 0 Å². The zero-order valence-electron chi connectivity index (χ0n) is 33.0. The number of rotatable bonds is 24. The van der Waals surface area contributed by atoms with Crippen molar-refractivity contribution < 1.29 is 216 Å². The van der Waals surface area contributed by atoms with Crippen LogP contribution in [0.25, 0.3) is 22.6 Å². The summed E-state index contributed by atoms with van der Waals surface area (Å²) in [5.41, 5.74) is -0.599. The summed E-state index contributed by atoms with van der Waals surface area (Å²) < 4.78 is 150. The van der Waals surface area contributed by atoms with Crippen molar-refractivity contribution in [1.82, 2.24) is 4.98 Å². The molecule has 2 N–H and O–H groups in total. The van der Waals surface area contributed by atoms with Crippen molar-refractivity contribution in [3.05, 3.63) is 39.7 Å². The van der Waals surface area contributed by atoms with Gasteiger partial charge in [0.15, 0.2) is 68.4 Å². The fourth-order valence-corrected chi connectivity index (χ4v) is 8.88. The van der Waals surface area contributed by atoms with E-state index in [0.29, 0.717) is 0 Å². The number of aromatic nitrogens is 1. The van der Waals surface area contributed by atoms with Crippen LogP contribution in [0.4, 0.5) is 17.1 Å². The second-order valence-corrected chi connectivity index (χ2v) is 17.8. The van der Waals surface area contributed by atoms with Crippen molar-refractivity contribution in [3.8, 4) is 23.0 Å². The molecule has 26 nitrogen and oxygen atoms in total. The Labute approximate surface area is 472 Å². The van der Waals surface area contributed by atoms with Gasteiger partial charge in [-0.05, 0) is 24.3 Å². The van der Waals surface area contributed by atoms with E-state index in [-0.39, 0.29) is 234 Å². The minimum atomic E-state index is -5.12. The Kier molecular flexibility index (Phi) is 29.2. The van der Waals surface area contributed by atoms with Crippen molar-refractivity contribution in [1.29, 1.82) is 0 Å². The first kappa shape index (κ1) is 63.2. The molecule has 0 amide bonds. The summed E-state index contributed by atoms with van der Waals surface area (Å²) in [4.78, 5) is 7.96. The minimum Gasteiger partial charge on any atom is -0.726 e. The monoisotopic (exact) mass is 1100 g/mol. The van der Waals surface area contributed by atoms with Crippen molar-refractivity contribution in [2.75, 3.05) is 62.5 Å². The molecule has 2 aromatic rings. The number of nitrogens with zero attached hydrogens (tertiary/aromatic N) is 2. The van der Waals surface area contributed by atoms with Crippen LogP contribution < -0.4 is 149 Å². The van der Waals surface area contributed by atoms with Crippen LogP contribution >= 0.6 is 47.8 Å². The number of fused-ring (bicyclic) bond motifs is 4. The van der Waals surface area contributed by atoms with Gasteiger partial charge in [-0.15, -0.1) is 8.67 Å². The van der Waals surface area contributed by atoms with Gasteiger partial charge in [-0.3, -0.25) is 36.0 Å². The number of halogens is 2. The van der Waals surface area contributed by atoms with E-state index in [2.05, 4.69) is 47.7 Å². The number of anilines is 3. The summed E-state index contributed by atoms with van der Waals surface area (Å²) in [6.07, 6.45) is 0. The molecule has 0 aromatic heterocycles. The predicted octanol–water partition coefficient (Wildman–Crippen LogP) is -11.2. The smallest absolute Gasteiger partial charge is 0.726 e. The van der Waals surface area contributed by atoms with Gasteiger partial charge in [0.2, 0.25) is 20.8 Å². The van der Waals surface area contributed by atoms with Crippen molar-refractivity contribution >= 4 is 118 Å². The Balaban J connectivity index is 0.00000512. The standard InChI is InChI=1S/C26H26Cl2N4O22S6.4Na/c27-17-20-24(50-22-14(32-20)2-4-16(30-5-7-44-55-53-51-33)26(22)58(36,37)12-11-45-56-54-52-34)18(28)19-23(17)49-21-13(31-19)1-3-15(29-6-8-47-59(38,39)40)25(21)57(35)46-9-10-48-60(41,42)43;;;;/h1-4,29,31,33-34H,5-12H2,(H,38,39,40)(H,41,42,43);;;;/q;4*+1/p-4. The molecule has 0 fully saturated rings. The molecule has 2 aliphatic heterocycles. The fraction of sp³-hybridized carbons (Fsp3) is 0.308. The van der Waals surface area contributed by atoms with Crippen LogP contribution in [0.5, 0.6) is 11.5 Å². The van der Waals surface area contributed by atoms with E-state index in [9.17, 15) is 49.1 Å². The minimum absolute atomic E-state index is 0. The summed E-state index contributed by atoms with van der Waals surface area (Å²) >= 11 is 11.4. The van der Waals surface area contributed by atoms with E-state index in [1.165, 1.54) is 24.3 Å². The van der Waals surface area contributed by atoms with Gasteiger partial charge in [-0.2, -0.15) is 0 Å². The number of sulfone groups is 1. The molecule has 38 heteroatoms. The molecular formula is C26H22Cl2N4Na4O22S6. The van der Waals surface area contributed by atoms with Crippen LogP contribution in [-0.2, 0) is 81.4 Å². The Morgan fingerprint density at radius 3 is 2.11 bits per heavy atom. The molecule has 0 saturated carbocycles. The van der Waals surface area contributed by atoms with Gasteiger partial charge in [0.05, 0.1) is 62.1 Å². The van der Waals surface area contributed by atoms with Gasteiger partial charge in [-0.1, -0.05) is 23.2 Å². The average Bonchev–Trinajstić information content (AvgIpc) is 3.19. The molecule has 2 aromatic carbocycles. The zero-order valence-corrected chi connectivity index (χ0v) is 47.5. The molecular weight excluding hydrogens is 1080 g/mol. The third kappa shape index (κ3) is 17.8. The molecule has 2 heterocycles. The SMILES string of the molecule is O=S(OCCOS(=O)(=O)[O-])c1c(NCCOS(=O)(=O)[O-])ccc2c1Oc1c(c(Cl)c3oc4c(S(=O)(=O)CCOSOO[O-])c(=NCCOSOO[O-])ccc-4nc3c1Cl)N2.[Na+].[Na+].[Na+].[Na+]. The van der Waals surface area contributed by atoms with Crippen molar-refractivity contribution in [3.63, 3.8) is 0 Å². The Morgan fingerprint density at radius 2 is 1.47 bits per heavy atom. The van der Waals surface area contributed by atoms with Crippen LogP contribution in [0.2, 0.25) is 10.0 Å². The normalized spacial score (nSPS) is 13.0. The number of hydrogen-bond donors (Lipinski definition) is 2. The molecule has 332 valence electrons. The Bertz CT molecular complexity index is 2610. The van der Waals surface area contributed by atoms with E-state index in [1.807, 2.05) is 0 Å². The van der Waals surface area contributed by atoms with E-state index in [4.69, 9.17) is 44.9 Å². The third-order valence-corrected chi connectivity index (χ3v) is 12.3. The maximum Gasteiger partial charge on any atom is 1.00 e. The molecule has 1 unspecified atom stereocenters. The fourth-order valence-electron chi connectivity index (χ4n) is 4.93. The molecule has 1 atom stereocenters. The first-order valence-corrected chi connectivity index (χ1v) is 23.1. The summed E-state index contributed by atoms with van der Waals surface area (Å²) in [7, 11) is -14.6. The number of nitrogens with one attached hydrogen (secondary N) is 2. The maximum absolute atomic E-state index is 13.8. The molecule has 64 heavy (non-hydrogen) atoms. The van der Waals surface area contributed by atoms with E-state index in [0.717, 1.165) is 0 Å². The third-order valence-electron chi connectivity index (χ3n) is 7.07. The average molecular weight is 1100 g/mol. The molecule has 0 bridgehead atoms. The first-order valence-electron chi connectivity index (χ1n) is 15.6. The topological polar surface area (TPSA) is 366 Å². The Morgan fingerprint density at radius 1 is 0.828 bits per heavy atom. The molecule has 0 radical (unpaired) electrons. The van der Waals surface area contributed by atoms with Crippen molar-refractivity contribution in [2.45, 2.75) is 9.79 Å². The summed E-state index contributed by atoms with van der Waals surface area (Å²) in [6, 6.07) is 5.31. The van der Waals surface area contributed by atoms with Crippen LogP contribution in [0.1, 0.15) is 0 Å². The second-order valence-electron chi connectivity index (χ2n) is 10.7. The van der Waals surface area contributed by atoms with Gasteiger partial charge in [0, 0.05) is 6.54 Å². The molecule has 1 aliphatic carbocycles. The van der Waals surface area contributed by atoms with Crippen LogP contribution in [0.3, 0.4) is 0 Å². The number of hydrogen-bond acceptors (Lipinski definition) is 28. The molecule has 0 saturated heterocycles. The summed E-state index contributed by atoms with van der Waals surface area (Å²) in [5, 5.41) is 31.3. The second kappa shape index (κ2) is 29.5. The Hall–Kier alpha value is 1.22. The molecule has 0 spiro atoms. The van der Waals surface area contributed by atoms with Gasteiger partial charge in [-0.25, -0.2) is 34.4 Å². The van der Waals surface area contributed by atoms with Gasteiger partial charge >= 0.3 is 118 Å². The zero-order chi connectivity index (χ0) is 43.7. The van der Waals surface area contributed by atoms with E-state index < -0.39 is 78.8 Å². The van der Waals surface area contributed by atoms with Crippen molar-refractivity contribution in [2.24, 2.45) is 4.99 Å². The summed E-state index contributed by atoms with van der Waals surface area (Å²) in [5.74, 6) is -1.54. The maximum atomic E-state index is 13.8. The van der Waals surface area contributed by atoms with Gasteiger partial charge < -0.3 is 39.4 Å². The van der Waals surface area contributed by atoms with Crippen LogP contribution in [-0.4, -0.2) is 95.4 Å². The molecule has 3 aliphatic rings. The number of benzene rings is 3. The largest absolute Gasteiger partial charge is 1.00 e. The summed E-state index contributed by atoms with van der Waals surface area (Å²) in [6.45, 7) is -3.42. The van der Waals surface area contributed by atoms with Gasteiger partial charge in [0.1, 0.15) is 36.7 Å².